The topological polar surface area (TPSA) is 63.6 Å². The van der Waals surface area contributed by atoms with E-state index < -0.39 is 33.7 Å². The van der Waals surface area contributed by atoms with Crippen molar-refractivity contribution in [1.29, 1.82) is 0 Å². The molecule has 0 radical (unpaired) electrons. The molecule has 2 rings (SSSR count). The number of carbonyl (C=O) groups excluding carboxylic acids is 1. The molecule has 0 aromatic carbocycles. The van der Waals surface area contributed by atoms with Gasteiger partial charge in [0.05, 0.1) is 10.8 Å². The summed E-state index contributed by atoms with van der Waals surface area (Å²) in [4.78, 5) is 23.0. The lowest BCUT2D eigenvalue weighted by atomic mass is 9.66. The molecule has 5 heteroatoms. The molecule has 1 saturated carbocycles. The predicted octanol–water partition coefficient (Wildman–Crippen LogP) is 1.41. The van der Waals surface area contributed by atoms with Gasteiger partial charge in [0.15, 0.2) is 0 Å². The van der Waals surface area contributed by atoms with Crippen molar-refractivity contribution in [3.63, 3.8) is 0 Å². The number of esters is 1. The standard InChI is InChI=1S/C10H13ClO4/c1-8(2)9(3)5(11)4-10(8,6(12)13)15-7(9)14/h5H,4H2,1-3H3,(H,12,13). The minimum Gasteiger partial charge on any atom is -0.478 e. The molecule has 3 atom stereocenters. The molecule has 0 spiro atoms. The number of carboxylic acids is 1. The van der Waals surface area contributed by atoms with Gasteiger partial charge in [0, 0.05) is 11.8 Å². The van der Waals surface area contributed by atoms with Gasteiger partial charge in [0.25, 0.3) is 0 Å². The molecule has 2 fully saturated rings. The number of hydrogen-bond donors (Lipinski definition) is 1. The maximum atomic E-state index is 11.7. The lowest BCUT2D eigenvalue weighted by molar-refractivity contribution is -0.178. The van der Waals surface area contributed by atoms with Crippen molar-refractivity contribution in [2.24, 2.45) is 10.8 Å². The highest BCUT2D eigenvalue weighted by Crippen LogP contribution is 2.66. The van der Waals surface area contributed by atoms with Crippen LogP contribution in [0.2, 0.25) is 0 Å². The van der Waals surface area contributed by atoms with Crippen molar-refractivity contribution in [2.75, 3.05) is 0 Å². The summed E-state index contributed by atoms with van der Waals surface area (Å²) in [6, 6.07) is 0. The summed E-state index contributed by atoms with van der Waals surface area (Å²) < 4.78 is 5.08. The van der Waals surface area contributed by atoms with Crippen LogP contribution in [0.5, 0.6) is 0 Å². The van der Waals surface area contributed by atoms with E-state index in [2.05, 4.69) is 0 Å². The summed E-state index contributed by atoms with van der Waals surface area (Å²) >= 11 is 6.10. The highest BCUT2D eigenvalue weighted by Gasteiger charge is 2.79. The SMILES string of the molecule is CC12C(=O)OC(C(=O)O)(CC1Cl)C2(C)C. The van der Waals surface area contributed by atoms with Gasteiger partial charge in [-0.1, -0.05) is 13.8 Å². The number of carbonyl (C=O) groups is 2. The molecule has 1 N–H and O–H groups in total. The van der Waals surface area contributed by atoms with Gasteiger partial charge in [0.2, 0.25) is 5.60 Å². The summed E-state index contributed by atoms with van der Waals surface area (Å²) in [5, 5.41) is 8.76. The molecule has 1 heterocycles. The van der Waals surface area contributed by atoms with Gasteiger partial charge in [-0.25, -0.2) is 4.79 Å². The number of aliphatic carboxylic acids is 1. The predicted molar refractivity (Wildman–Crippen MR) is 52.6 cm³/mol. The van der Waals surface area contributed by atoms with E-state index in [0.717, 1.165) is 0 Å². The number of halogens is 1. The molecular weight excluding hydrogens is 220 g/mol. The van der Waals surface area contributed by atoms with Crippen LogP contribution >= 0.6 is 11.6 Å². The normalized spacial score (nSPS) is 46.7. The van der Waals surface area contributed by atoms with Crippen LogP contribution in [0.3, 0.4) is 0 Å². The van der Waals surface area contributed by atoms with Crippen LogP contribution in [0.1, 0.15) is 27.2 Å². The molecule has 1 aliphatic heterocycles. The van der Waals surface area contributed by atoms with Gasteiger partial charge in [-0.2, -0.15) is 0 Å². The number of hydrogen-bond acceptors (Lipinski definition) is 3. The Bertz CT molecular complexity index is 364. The van der Waals surface area contributed by atoms with Crippen LogP contribution < -0.4 is 0 Å². The number of alkyl halides is 1. The summed E-state index contributed by atoms with van der Waals surface area (Å²) in [6.07, 6.45) is 0.180. The van der Waals surface area contributed by atoms with Crippen molar-refractivity contribution in [2.45, 2.75) is 38.2 Å². The Balaban J connectivity index is 2.65. The van der Waals surface area contributed by atoms with Gasteiger partial charge in [-0.15, -0.1) is 11.6 Å². The van der Waals surface area contributed by atoms with Crippen LogP contribution in [-0.4, -0.2) is 28.0 Å². The Morgan fingerprint density at radius 2 is 2.07 bits per heavy atom. The molecular formula is C10H13ClO4. The summed E-state index contributed by atoms with van der Waals surface area (Å²) in [6.45, 7) is 5.15. The van der Waals surface area contributed by atoms with Crippen molar-refractivity contribution in [3.05, 3.63) is 0 Å². The summed E-state index contributed by atoms with van der Waals surface area (Å²) in [7, 11) is 0. The molecule has 3 unspecified atom stereocenters. The first-order chi connectivity index (χ1) is 6.70. The Kier molecular flexibility index (Phi) is 1.78. The number of carboxylic acid groups (broad SMARTS) is 1. The Labute approximate surface area is 92.5 Å². The van der Waals surface area contributed by atoms with Gasteiger partial charge in [0.1, 0.15) is 0 Å². The fourth-order valence-electron chi connectivity index (χ4n) is 2.74. The molecule has 2 bridgehead atoms. The Morgan fingerprint density at radius 1 is 1.53 bits per heavy atom. The van der Waals surface area contributed by atoms with Crippen molar-refractivity contribution in [1.82, 2.24) is 0 Å². The first-order valence-corrected chi connectivity index (χ1v) is 5.25. The summed E-state index contributed by atoms with van der Waals surface area (Å²) in [5.41, 5.74) is -3.15. The van der Waals surface area contributed by atoms with Crippen LogP contribution in [0, 0.1) is 10.8 Å². The Morgan fingerprint density at radius 3 is 2.33 bits per heavy atom. The number of fused-ring (bicyclic) bond motifs is 2. The van der Waals surface area contributed by atoms with E-state index in [-0.39, 0.29) is 6.42 Å². The molecule has 84 valence electrons. The van der Waals surface area contributed by atoms with Crippen LogP contribution in [0.25, 0.3) is 0 Å². The fourth-order valence-corrected chi connectivity index (χ4v) is 3.32. The molecule has 1 saturated heterocycles. The zero-order valence-corrected chi connectivity index (χ0v) is 9.59. The molecule has 0 aromatic heterocycles. The molecule has 1 aliphatic carbocycles. The number of rotatable bonds is 1. The van der Waals surface area contributed by atoms with E-state index in [4.69, 9.17) is 16.3 Å². The first kappa shape index (κ1) is 10.7. The van der Waals surface area contributed by atoms with E-state index in [1.807, 2.05) is 0 Å². The third-order valence-corrected chi connectivity index (χ3v) is 5.03. The van der Waals surface area contributed by atoms with Crippen LogP contribution in [-0.2, 0) is 14.3 Å². The summed E-state index contributed by atoms with van der Waals surface area (Å²) in [5.74, 6) is -1.60. The van der Waals surface area contributed by atoms with Crippen molar-refractivity contribution >= 4 is 23.5 Å². The zero-order chi connectivity index (χ0) is 11.6. The minimum absolute atomic E-state index is 0.180. The first-order valence-electron chi connectivity index (χ1n) is 4.81. The second kappa shape index (κ2) is 2.48. The third-order valence-electron chi connectivity index (χ3n) is 4.44. The molecule has 4 nitrogen and oxygen atoms in total. The molecule has 0 amide bonds. The van der Waals surface area contributed by atoms with Crippen molar-refractivity contribution < 1.29 is 19.4 Å². The van der Waals surface area contributed by atoms with E-state index in [1.54, 1.807) is 20.8 Å². The van der Waals surface area contributed by atoms with E-state index >= 15 is 0 Å². The smallest absolute Gasteiger partial charge is 0.348 e. The van der Waals surface area contributed by atoms with E-state index in [0.29, 0.717) is 0 Å². The van der Waals surface area contributed by atoms with Crippen LogP contribution in [0.15, 0.2) is 0 Å². The maximum absolute atomic E-state index is 11.7. The highest BCUT2D eigenvalue weighted by molar-refractivity contribution is 6.24. The largest absolute Gasteiger partial charge is 0.478 e. The fraction of sp³-hybridized carbons (Fsp3) is 0.800. The van der Waals surface area contributed by atoms with Gasteiger partial charge in [-0.3, -0.25) is 4.79 Å². The van der Waals surface area contributed by atoms with Gasteiger partial charge < -0.3 is 9.84 Å². The quantitative estimate of drug-likeness (QED) is 0.549. The third kappa shape index (κ3) is 0.816. The second-order valence-electron chi connectivity index (χ2n) is 5.02. The zero-order valence-electron chi connectivity index (χ0n) is 8.83. The lowest BCUT2D eigenvalue weighted by Gasteiger charge is -2.33. The second-order valence-corrected chi connectivity index (χ2v) is 5.55. The average molecular weight is 233 g/mol. The maximum Gasteiger partial charge on any atom is 0.348 e. The molecule has 15 heavy (non-hydrogen) atoms. The molecule has 2 aliphatic rings. The van der Waals surface area contributed by atoms with Gasteiger partial charge in [-0.05, 0) is 6.92 Å². The van der Waals surface area contributed by atoms with Crippen LogP contribution in [0.4, 0.5) is 0 Å². The minimum atomic E-state index is -1.45. The Hall–Kier alpha value is -0.770. The number of ether oxygens (including phenoxy) is 1. The van der Waals surface area contributed by atoms with Crippen molar-refractivity contribution in [3.8, 4) is 0 Å². The van der Waals surface area contributed by atoms with E-state index in [9.17, 15) is 14.7 Å². The lowest BCUT2D eigenvalue weighted by Crippen LogP contribution is -2.47. The van der Waals surface area contributed by atoms with Gasteiger partial charge >= 0.3 is 11.9 Å². The van der Waals surface area contributed by atoms with E-state index in [1.165, 1.54) is 0 Å². The average Bonchev–Trinajstić information content (AvgIpc) is 2.34. The monoisotopic (exact) mass is 232 g/mol. The molecule has 0 aromatic rings. The highest BCUT2D eigenvalue weighted by atomic mass is 35.5.